The number of nitrogens with zero attached hydrogens (tertiary/aromatic N) is 3. The van der Waals surface area contributed by atoms with Crippen LogP contribution >= 0.6 is 0 Å². The molecule has 2 aromatic carbocycles. The first-order valence-electron chi connectivity index (χ1n) is 9.66. The van der Waals surface area contributed by atoms with Crippen molar-refractivity contribution in [2.24, 2.45) is 0 Å². The average molecular weight is 396 g/mol. The van der Waals surface area contributed by atoms with Gasteiger partial charge in [-0.05, 0) is 41.8 Å². The van der Waals surface area contributed by atoms with E-state index in [1.54, 1.807) is 16.4 Å². The highest BCUT2D eigenvalue weighted by Crippen LogP contribution is 2.23. The lowest BCUT2D eigenvalue weighted by Gasteiger charge is -2.34. The molecule has 2 heterocycles. The lowest BCUT2D eigenvalue weighted by molar-refractivity contribution is 0.384. The molecule has 1 saturated heterocycles. The molecular formula is C22H25N3O2S. The molecule has 3 aromatic rings. The molecule has 0 radical (unpaired) electrons. The molecule has 0 aliphatic carbocycles. The Kier molecular flexibility index (Phi) is 5.08. The van der Waals surface area contributed by atoms with E-state index in [9.17, 15) is 8.42 Å². The van der Waals surface area contributed by atoms with Gasteiger partial charge in [0, 0.05) is 31.6 Å². The van der Waals surface area contributed by atoms with Gasteiger partial charge in [-0.2, -0.15) is 4.31 Å². The maximum atomic E-state index is 13.0. The first kappa shape index (κ1) is 18.9. The Balaban J connectivity index is 1.48. The lowest BCUT2D eigenvalue weighted by Crippen LogP contribution is -2.48. The van der Waals surface area contributed by atoms with Crippen LogP contribution in [0.5, 0.6) is 0 Å². The van der Waals surface area contributed by atoms with Gasteiger partial charge >= 0.3 is 0 Å². The number of sulfonamides is 1. The van der Waals surface area contributed by atoms with Gasteiger partial charge in [0.25, 0.3) is 0 Å². The van der Waals surface area contributed by atoms with E-state index in [1.165, 1.54) is 0 Å². The largest absolute Gasteiger partial charge is 0.354 e. The second-order valence-electron chi connectivity index (χ2n) is 7.48. The number of aromatic nitrogens is 1. The van der Waals surface area contributed by atoms with Crippen LogP contribution in [0, 0.1) is 0 Å². The molecule has 1 fully saturated rings. The van der Waals surface area contributed by atoms with E-state index in [2.05, 4.69) is 24.8 Å². The highest BCUT2D eigenvalue weighted by atomic mass is 32.2. The topological polar surface area (TPSA) is 53.5 Å². The minimum Gasteiger partial charge on any atom is -0.354 e. The quantitative estimate of drug-likeness (QED) is 0.673. The van der Waals surface area contributed by atoms with E-state index in [0.717, 1.165) is 22.3 Å². The molecular weight excluding hydrogens is 370 g/mol. The van der Waals surface area contributed by atoms with Crippen molar-refractivity contribution in [2.75, 3.05) is 31.1 Å². The first-order valence-corrected chi connectivity index (χ1v) is 11.1. The number of hydrogen-bond donors (Lipinski definition) is 0. The standard InChI is InChI=1S/C22H25N3O2S/c1-17(2)18-7-10-20(11-8-18)28(26,27)25-15-13-24(14-16-25)22-12-9-19-5-3-4-6-21(19)23-22/h3-12,17H,13-16H2,1-2H3. The number of piperazine rings is 1. The molecule has 1 aromatic heterocycles. The number of hydrogen-bond acceptors (Lipinski definition) is 4. The van der Waals surface area contributed by atoms with Crippen LogP contribution in [0.25, 0.3) is 10.9 Å². The molecule has 5 nitrogen and oxygen atoms in total. The van der Waals surface area contributed by atoms with Crippen molar-refractivity contribution in [3.05, 3.63) is 66.2 Å². The minimum atomic E-state index is -3.46. The van der Waals surface area contributed by atoms with Gasteiger partial charge in [-0.25, -0.2) is 13.4 Å². The molecule has 4 rings (SSSR count). The van der Waals surface area contributed by atoms with E-state index in [0.29, 0.717) is 37.0 Å². The van der Waals surface area contributed by atoms with Crippen LogP contribution in [0.4, 0.5) is 5.82 Å². The number of fused-ring (bicyclic) bond motifs is 1. The van der Waals surface area contributed by atoms with E-state index in [4.69, 9.17) is 4.98 Å². The van der Waals surface area contributed by atoms with Crippen LogP contribution in [0.15, 0.2) is 65.6 Å². The summed E-state index contributed by atoms with van der Waals surface area (Å²) in [7, 11) is -3.46. The minimum absolute atomic E-state index is 0.370. The van der Waals surface area contributed by atoms with E-state index in [-0.39, 0.29) is 0 Å². The molecule has 0 spiro atoms. The SMILES string of the molecule is CC(C)c1ccc(S(=O)(=O)N2CCN(c3ccc4ccccc4n3)CC2)cc1. The second kappa shape index (κ2) is 7.53. The summed E-state index contributed by atoms with van der Waals surface area (Å²) < 4.78 is 27.5. The summed E-state index contributed by atoms with van der Waals surface area (Å²) in [6, 6.07) is 19.4. The van der Waals surface area contributed by atoms with Crippen LogP contribution in [-0.2, 0) is 10.0 Å². The van der Waals surface area contributed by atoms with Crippen LogP contribution < -0.4 is 4.90 Å². The summed E-state index contributed by atoms with van der Waals surface area (Å²) in [6.07, 6.45) is 0. The van der Waals surface area contributed by atoms with Gasteiger partial charge in [-0.15, -0.1) is 0 Å². The van der Waals surface area contributed by atoms with E-state index in [1.807, 2.05) is 42.5 Å². The summed E-state index contributed by atoms with van der Waals surface area (Å²) in [6.45, 7) is 6.39. The zero-order chi connectivity index (χ0) is 19.7. The molecule has 146 valence electrons. The Morgan fingerprint density at radius 1 is 0.857 bits per heavy atom. The van der Waals surface area contributed by atoms with Crippen molar-refractivity contribution in [3.8, 4) is 0 Å². The molecule has 1 aliphatic rings. The molecule has 6 heteroatoms. The summed E-state index contributed by atoms with van der Waals surface area (Å²) >= 11 is 0. The van der Waals surface area contributed by atoms with Crippen molar-refractivity contribution in [1.29, 1.82) is 0 Å². The van der Waals surface area contributed by atoms with Gasteiger partial charge in [-0.1, -0.05) is 44.2 Å². The van der Waals surface area contributed by atoms with Gasteiger partial charge in [0.2, 0.25) is 10.0 Å². The smallest absolute Gasteiger partial charge is 0.243 e. The normalized spacial score (nSPS) is 16.0. The summed E-state index contributed by atoms with van der Waals surface area (Å²) in [4.78, 5) is 7.25. The maximum absolute atomic E-state index is 13.0. The molecule has 1 aliphatic heterocycles. The number of rotatable bonds is 4. The summed E-state index contributed by atoms with van der Waals surface area (Å²) in [5, 5.41) is 1.11. The van der Waals surface area contributed by atoms with Crippen molar-refractivity contribution in [1.82, 2.24) is 9.29 Å². The Labute approximate surface area is 166 Å². The second-order valence-corrected chi connectivity index (χ2v) is 9.41. The summed E-state index contributed by atoms with van der Waals surface area (Å²) in [5.74, 6) is 1.28. The van der Waals surface area contributed by atoms with Crippen molar-refractivity contribution in [2.45, 2.75) is 24.7 Å². The van der Waals surface area contributed by atoms with Crippen molar-refractivity contribution in [3.63, 3.8) is 0 Å². The van der Waals surface area contributed by atoms with E-state index < -0.39 is 10.0 Å². The van der Waals surface area contributed by atoms with E-state index >= 15 is 0 Å². The Hall–Kier alpha value is -2.44. The van der Waals surface area contributed by atoms with Gasteiger partial charge in [0.1, 0.15) is 5.82 Å². The molecule has 0 saturated carbocycles. The number of para-hydroxylation sites is 1. The summed E-state index contributed by atoms with van der Waals surface area (Å²) in [5.41, 5.74) is 2.10. The van der Waals surface area contributed by atoms with Gasteiger partial charge in [-0.3, -0.25) is 0 Å². The Morgan fingerprint density at radius 3 is 2.21 bits per heavy atom. The van der Waals surface area contributed by atoms with Crippen molar-refractivity contribution >= 4 is 26.7 Å². The molecule has 0 N–H and O–H groups in total. The van der Waals surface area contributed by atoms with Crippen LogP contribution in [0.2, 0.25) is 0 Å². The first-order chi connectivity index (χ1) is 13.4. The predicted molar refractivity (Wildman–Crippen MR) is 113 cm³/mol. The zero-order valence-electron chi connectivity index (χ0n) is 16.2. The van der Waals surface area contributed by atoms with Gasteiger partial charge in [0.05, 0.1) is 10.4 Å². The average Bonchev–Trinajstić information content (AvgIpc) is 2.73. The molecule has 0 bridgehead atoms. The third-order valence-corrected chi connectivity index (χ3v) is 7.24. The van der Waals surface area contributed by atoms with Crippen molar-refractivity contribution < 1.29 is 8.42 Å². The third kappa shape index (κ3) is 3.62. The zero-order valence-corrected chi connectivity index (χ0v) is 17.1. The number of benzene rings is 2. The molecule has 28 heavy (non-hydrogen) atoms. The van der Waals surface area contributed by atoms with Gasteiger partial charge in [0.15, 0.2) is 0 Å². The number of pyridine rings is 1. The fourth-order valence-corrected chi connectivity index (χ4v) is 4.98. The highest BCUT2D eigenvalue weighted by Gasteiger charge is 2.29. The predicted octanol–water partition coefficient (Wildman–Crippen LogP) is 3.87. The Morgan fingerprint density at radius 2 is 1.54 bits per heavy atom. The lowest BCUT2D eigenvalue weighted by atomic mass is 10.0. The molecule has 0 amide bonds. The molecule has 0 atom stereocenters. The highest BCUT2D eigenvalue weighted by molar-refractivity contribution is 7.89. The van der Waals surface area contributed by atoms with Crippen LogP contribution in [-0.4, -0.2) is 43.9 Å². The monoisotopic (exact) mass is 395 g/mol. The maximum Gasteiger partial charge on any atom is 0.243 e. The van der Waals surface area contributed by atoms with Crippen LogP contribution in [0.1, 0.15) is 25.3 Å². The van der Waals surface area contributed by atoms with Crippen LogP contribution in [0.3, 0.4) is 0 Å². The third-order valence-electron chi connectivity index (χ3n) is 5.33. The fraction of sp³-hybridized carbons (Fsp3) is 0.318. The fourth-order valence-electron chi connectivity index (χ4n) is 3.56. The Bertz CT molecular complexity index is 1070. The molecule has 0 unspecified atom stereocenters. The number of anilines is 1. The van der Waals surface area contributed by atoms with Gasteiger partial charge < -0.3 is 4.90 Å².